The van der Waals surface area contributed by atoms with Crippen LogP contribution in [0, 0.1) is 5.41 Å². The number of benzene rings is 1. The Bertz CT molecular complexity index is 706. The minimum atomic E-state index is -0.395. The number of hydrogen-bond donors (Lipinski definition) is 0. The number of amides is 2. The molecule has 1 saturated heterocycles. The number of fused-ring (bicyclic) bond motifs is 1. The van der Waals surface area contributed by atoms with E-state index in [4.69, 9.17) is 21.1 Å². The van der Waals surface area contributed by atoms with Gasteiger partial charge >= 0.3 is 0 Å². The van der Waals surface area contributed by atoms with Crippen molar-refractivity contribution < 1.29 is 19.1 Å². The maximum absolute atomic E-state index is 12.6. The average Bonchev–Trinajstić information content (AvgIpc) is 2.60. The lowest BCUT2D eigenvalue weighted by Gasteiger charge is -2.37. The first-order valence-corrected chi connectivity index (χ1v) is 9.28. The summed E-state index contributed by atoms with van der Waals surface area (Å²) >= 11 is 6.24. The molecule has 0 radical (unpaired) electrons. The Labute approximate surface area is 159 Å². The number of piperazine rings is 1. The highest BCUT2D eigenvalue weighted by atomic mass is 35.5. The number of halogens is 1. The highest BCUT2D eigenvalue weighted by molar-refractivity contribution is 6.32. The van der Waals surface area contributed by atoms with Gasteiger partial charge in [-0.25, -0.2) is 0 Å². The van der Waals surface area contributed by atoms with Gasteiger partial charge in [-0.3, -0.25) is 9.59 Å². The van der Waals surface area contributed by atoms with Gasteiger partial charge in [-0.1, -0.05) is 32.4 Å². The number of carbonyl (C=O) groups excluding carboxylic acids is 2. The van der Waals surface area contributed by atoms with Crippen LogP contribution in [0.4, 0.5) is 0 Å². The van der Waals surface area contributed by atoms with Crippen LogP contribution in [0.15, 0.2) is 12.1 Å². The van der Waals surface area contributed by atoms with Gasteiger partial charge in [-0.05, 0) is 17.7 Å². The Hall–Kier alpha value is -1.95. The minimum Gasteiger partial charge on any atom is -0.486 e. The summed E-state index contributed by atoms with van der Waals surface area (Å²) in [6.07, 6.45) is 0.254. The molecule has 0 bridgehead atoms. The maximum atomic E-state index is 12.6. The molecule has 1 aromatic rings. The summed E-state index contributed by atoms with van der Waals surface area (Å²) < 4.78 is 11.1. The van der Waals surface area contributed by atoms with E-state index in [0.717, 1.165) is 5.56 Å². The lowest BCUT2D eigenvalue weighted by molar-refractivity contribution is -0.144. The SMILES string of the molecule is CC(C)(C)C(=O)N1CCN(C(=O)Cc2cc(Cl)c3c(c2)OCCO3)CC1. The highest BCUT2D eigenvalue weighted by Crippen LogP contribution is 2.38. The second kappa shape index (κ2) is 7.35. The van der Waals surface area contributed by atoms with Crippen molar-refractivity contribution >= 4 is 23.4 Å². The summed E-state index contributed by atoms with van der Waals surface area (Å²) in [6, 6.07) is 3.57. The third kappa shape index (κ3) is 4.06. The molecule has 0 aromatic heterocycles. The van der Waals surface area contributed by atoms with E-state index in [1.54, 1.807) is 11.0 Å². The van der Waals surface area contributed by atoms with E-state index < -0.39 is 5.41 Å². The zero-order chi connectivity index (χ0) is 18.9. The van der Waals surface area contributed by atoms with Gasteiger partial charge in [0, 0.05) is 31.6 Å². The number of nitrogens with zero attached hydrogens (tertiary/aromatic N) is 2. The highest BCUT2D eigenvalue weighted by Gasteiger charge is 2.31. The van der Waals surface area contributed by atoms with Gasteiger partial charge in [0.2, 0.25) is 11.8 Å². The predicted octanol–water partition coefficient (Wildman–Crippen LogP) is 2.37. The smallest absolute Gasteiger partial charge is 0.228 e. The van der Waals surface area contributed by atoms with Crippen LogP contribution in [-0.4, -0.2) is 61.0 Å². The van der Waals surface area contributed by atoms with E-state index >= 15 is 0 Å². The van der Waals surface area contributed by atoms with Crippen LogP contribution in [0.25, 0.3) is 0 Å². The largest absolute Gasteiger partial charge is 0.486 e. The van der Waals surface area contributed by atoms with E-state index in [1.165, 1.54) is 0 Å². The van der Waals surface area contributed by atoms with Crippen molar-refractivity contribution in [3.05, 3.63) is 22.7 Å². The van der Waals surface area contributed by atoms with Gasteiger partial charge in [0.05, 0.1) is 11.4 Å². The molecule has 2 heterocycles. The molecule has 2 aliphatic heterocycles. The fourth-order valence-electron chi connectivity index (χ4n) is 3.19. The molecular weight excluding hydrogens is 356 g/mol. The van der Waals surface area contributed by atoms with Crippen LogP contribution >= 0.6 is 11.6 Å². The zero-order valence-electron chi connectivity index (χ0n) is 15.5. The number of rotatable bonds is 2. The fraction of sp³-hybridized carbons (Fsp3) is 0.579. The molecule has 7 heteroatoms. The molecule has 2 aliphatic rings. The molecule has 0 unspecified atom stereocenters. The Morgan fingerprint density at radius 3 is 2.31 bits per heavy atom. The molecule has 2 amide bonds. The van der Waals surface area contributed by atoms with Gasteiger partial charge in [0.1, 0.15) is 13.2 Å². The molecule has 1 fully saturated rings. The molecular formula is C19H25ClN2O4. The van der Waals surface area contributed by atoms with Crippen LogP contribution < -0.4 is 9.47 Å². The van der Waals surface area contributed by atoms with Gasteiger partial charge in [-0.15, -0.1) is 0 Å². The fourth-order valence-corrected chi connectivity index (χ4v) is 3.47. The standard InChI is InChI=1S/C19H25ClN2O4/c1-19(2,3)18(24)22-6-4-21(5-7-22)16(23)12-13-10-14(20)17-15(11-13)25-8-9-26-17/h10-11H,4-9,12H2,1-3H3. The third-order valence-electron chi connectivity index (χ3n) is 4.57. The van der Waals surface area contributed by atoms with Crippen molar-refractivity contribution in [3.8, 4) is 11.5 Å². The van der Waals surface area contributed by atoms with Crippen molar-refractivity contribution in [1.82, 2.24) is 9.80 Å². The molecule has 0 aliphatic carbocycles. The topological polar surface area (TPSA) is 59.1 Å². The van der Waals surface area contributed by atoms with Crippen molar-refractivity contribution in [3.63, 3.8) is 0 Å². The van der Waals surface area contributed by atoms with E-state index in [0.29, 0.717) is 55.9 Å². The van der Waals surface area contributed by atoms with Crippen molar-refractivity contribution in [1.29, 1.82) is 0 Å². The summed E-state index contributed by atoms with van der Waals surface area (Å²) in [4.78, 5) is 28.6. The van der Waals surface area contributed by atoms with Gasteiger partial charge in [0.25, 0.3) is 0 Å². The maximum Gasteiger partial charge on any atom is 0.228 e. The Morgan fingerprint density at radius 1 is 1.04 bits per heavy atom. The van der Waals surface area contributed by atoms with Crippen LogP contribution in [0.3, 0.4) is 0 Å². The first kappa shape index (κ1) is 18.8. The van der Waals surface area contributed by atoms with Gasteiger partial charge < -0.3 is 19.3 Å². The summed E-state index contributed by atoms with van der Waals surface area (Å²) in [6.45, 7) is 8.95. The predicted molar refractivity (Wildman–Crippen MR) is 98.8 cm³/mol. The monoisotopic (exact) mass is 380 g/mol. The van der Waals surface area contributed by atoms with Crippen LogP contribution in [0.1, 0.15) is 26.3 Å². The molecule has 142 valence electrons. The summed E-state index contributed by atoms with van der Waals surface area (Å²) in [7, 11) is 0. The number of carbonyl (C=O) groups is 2. The molecule has 0 saturated carbocycles. The molecule has 6 nitrogen and oxygen atoms in total. The van der Waals surface area contributed by atoms with E-state index in [2.05, 4.69) is 0 Å². The summed E-state index contributed by atoms with van der Waals surface area (Å²) in [5.41, 5.74) is 0.408. The van der Waals surface area contributed by atoms with E-state index in [1.807, 2.05) is 31.7 Å². The van der Waals surface area contributed by atoms with E-state index in [-0.39, 0.29) is 18.2 Å². The summed E-state index contributed by atoms with van der Waals surface area (Å²) in [5, 5.41) is 0.464. The molecule has 1 aromatic carbocycles. The second-order valence-electron chi connectivity index (χ2n) is 7.70. The average molecular weight is 381 g/mol. The second-order valence-corrected chi connectivity index (χ2v) is 8.11. The van der Waals surface area contributed by atoms with Crippen LogP contribution in [-0.2, 0) is 16.0 Å². The van der Waals surface area contributed by atoms with E-state index in [9.17, 15) is 9.59 Å². The molecule has 0 atom stereocenters. The zero-order valence-corrected chi connectivity index (χ0v) is 16.3. The Kier molecular flexibility index (Phi) is 5.32. The third-order valence-corrected chi connectivity index (χ3v) is 4.85. The summed E-state index contributed by atoms with van der Waals surface area (Å²) in [5.74, 6) is 1.29. The first-order chi connectivity index (χ1) is 12.3. The van der Waals surface area contributed by atoms with Crippen LogP contribution in [0.2, 0.25) is 5.02 Å². The molecule has 0 N–H and O–H groups in total. The first-order valence-electron chi connectivity index (χ1n) is 8.91. The number of hydrogen-bond acceptors (Lipinski definition) is 4. The van der Waals surface area contributed by atoms with Crippen molar-refractivity contribution in [2.75, 3.05) is 39.4 Å². The minimum absolute atomic E-state index is 0.0283. The quantitative estimate of drug-likeness (QED) is 0.790. The number of ether oxygens (including phenoxy) is 2. The van der Waals surface area contributed by atoms with Gasteiger partial charge in [-0.2, -0.15) is 0 Å². The van der Waals surface area contributed by atoms with Crippen molar-refractivity contribution in [2.24, 2.45) is 5.41 Å². The molecule has 26 heavy (non-hydrogen) atoms. The van der Waals surface area contributed by atoms with Gasteiger partial charge in [0.15, 0.2) is 11.5 Å². The lowest BCUT2D eigenvalue weighted by atomic mass is 9.94. The molecule has 3 rings (SSSR count). The van der Waals surface area contributed by atoms with Crippen LogP contribution in [0.5, 0.6) is 11.5 Å². The Balaban J connectivity index is 1.60. The van der Waals surface area contributed by atoms with Crippen molar-refractivity contribution in [2.45, 2.75) is 27.2 Å². The lowest BCUT2D eigenvalue weighted by Crippen LogP contribution is -2.53. The Morgan fingerprint density at radius 2 is 1.65 bits per heavy atom. The normalized spacial score (nSPS) is 17.2. The molecule has 0 spiro atoms.